The second-order valence-corrected chi connectivity index (χ2v) is 24.1. The maximum atomic E-state index is 12.3. The van der Waals surface area contributed by atoms with Crippen LogP contribution in [0.4, 0.5) is 11.4 Å². The summed E-state index contributed by atoms with van der Waals surface area (Å²) in [6.07, 6.45) is 30.2. The highest BCUT2D eigenvalue weighted by Gasteiger charge is 2.12. The number of aliphatic imine (C=N–C) groups is 2. The van der Waals surface area contributed by atoms with Crippen LogP contribution in [0.3, 0.4) is 0 Å². The van der Waals surface area contributed by atoms with Gasteiger partial charge in [-0.25, -0.2) is 9.59 Å². The molecule has 0 radical (unpaired) electrons. The molecule has 90 heavy (non-hydrogen) atoms. The Hall–Kier alpha value is -7.98. The molecule has 0 aliphatic rings. The lowest BCUT2D eigenvalue weighted by Crippen LogP contribution is -2.11. The third-order valence-corrected chi connectivity index (χ3v) is 16.5. The van der Waals surface area contributed by atoms with Gasteiger partial charge < -0.3 is 28.4 Å². The van der Waals surface area contributed by atoms with Gasteiger partial charge in [-0.2, -0.15) is 0 Å². The molecule has 7 rings (SSSR count). The average Bonchev–Trinajstić information content (AvgIpc) is 3.55. The van der Waals surface area contributed by atoms with Gasteiger partial charge in [-0.1, -0.05) is 192 Å². The van der Waals surface area contributed by atoms with Gasteiger partial charge in [0.1, 0.15) is 23.0 Å². The standard InChI is InChI=1S/C80H100N2O8/c1-5-63(3)61-89-79(83)71-35-31-67(32-36-71)69-39-51-77(52-40-69)87-57-25-21-17-13-9-7-11-15-19-23-55-85-75-47-27-65(28-48-75)59-81-73-43-45-74(46-44-73)82-60-66-29-49-76(50-30-66)86-56-24-20-16-12-8-10-14-18-22-26-58-88-78-53-41-70(42-54-78)68-33-37-72(38-34-68)80(84)90-62-64(4)6-2/h27-54,59-60,63-64H,5-26,55-58,61-62H2,1-4H3. The van der Waals surface area contributed by atoms with E-state index in [1.54, 1.807) is 0 Å². The summed E-state index contributed by atoms with van der Waals surface area (Å²) in [5.74, 6) is 3.77. The number of carbonyl (C=O) groups is 2. The number of benzene rings is 7. The Balaban J connectivity index is 0.623. The minimum absolute atomic E-state index is 0.266. The van der Waals surface area contributed by atoms with E-state index < -0.39 is 0 Å². The van der Waals surface area contributed by atoms with Crippen molar-refractivity contribution in [3.05, 3.63) is 192 Å². The van der Waals surface area contributed by atoms with Gasteiger partial charge in [0.2, 0.25) is 0 Å². The molecule has 0 N–H and O–H groups in total. The molecule has 478 valence electrons. The fraction of sp³-hybridized carbons (Fsp3) is 0.425. The van der Waals surface area contributed by atoms with Crippen molar-refractivity contribution in [2.45, 2.75) is 169 Å². The summed E-state index contributed by atoms with van der Waals surface area (Å²) in [7, 11) is 0. The smallest absolute Gasteiger partial charge is 0.338 e. The van der Waals surface area contributed by atoms with E-state index in [4.69, 9.17) is 28.4 Å². The molecule has 0 fully saturated rings. The Morgan fingerprint density at radius 2 is 0.556 bits per heavy atom. The van der Waals surface area contributed by atoms with Gasteiger partial charge in [-0.3, -0.25) is 9.98 Å². The quantitative estimate of drug-likeness (QED) is 0.0211. The zero-order valence-electron chi connectivity index (χ0n) is 54.4. The van der Waals surface area contributed by atoms with E-state index in [0.717, 1.165) is 133 Å². The van der Waals surface area contributed by atoms with Crippen LogP contribution in [0.1, 0.15) is 201 Å². The number of hydrogen-bond acceptors (Lipinski definition) is 10. The highest BCUT2D eigenvalue weighted by molar-refractivity contribution is 5.91. The summed E-state index contributed by atoms with van der Waals surface area (Å²) in [4.78, 5) is 34.0. The van der Waals surface area contributed by atoms with Crippen molar-refractivity contribution in [2.24, 2.45) is 21.8 Å². The highest BCUT2D eigenvalue weighted by atomic mass is 16.5. The van der Waals surface area contributed by atoms with E-state index in [0.29, 0.717) is 36.2 Å². The first-order valence-corrected chi connectivity index (χ1v) is 33.9. The summed E-state index contributed by atoms with van der Waals surface area (Å²) < 4.78 is 35.0. The molecule has 0 aromatic heterocycles. The van der Waals surface area contributed by atoms with Crippen LogP contribution >= 0.6 is 0 Å². The van der Waals surface area contributed by atoms with Crippen LogP contribution in [0.25, 0.3) is 22.3 Å². The number of ether oxygens (including phenoxy) is 6. The molecule has 10 heteroatoms. The van der Waals surface area contributed by atoms with Gasteiger partial charge in [0.15, 0.2) is 0 Å². The number of rotatable bonds is 44. The van der Waals surface area contributed by atoms with Crippen molar-refractivity contribution in [2.75, 3.05) is 39.6 Å². The number of hydrogen-bond donors (Lipinski definition) is 0. The Labute approximate surface area is 538 Å². The zero-order chi connectivity index (χ0) is 63.1. The largest absolute Gasteiger partial charge is 0.494 e. The molecule has 7 aromatic carbocycles. The summed E-state index contributed by atoms with van der Waals surface area (Å²) >= 11 is 0. The lowest BCUT2D eigenvalue weighted by atomic mass is 10.0. The van der Waals surface area contributed by atoms with Crippen LogP contribution < -0.4 is 18.9 Å². The second kappa shape index (κ2) is 41.3. The number of unbranched alkanes of at least 4 members (excludes halogenated alkanes) is 18. The predicted octanol–water partition coefficient (Wildman–Crippen LogP) is 21.6. The van der Waals surface area contributed by atoms with E-state index in [-0.39, 0.29) is 11.9 Å². The van der Waals surface area contributed by atoms with Crippen LogP contribution in [0.15, 0.2) is 180 Å². The molecule has 0 bridgehead atoms. The van der Waals surface area contributed by atoms with Crippen molar-refractivity contribution in [3.63, 3.8) is 0 Å². The summed E-state index contributed by atoms with van der Waals surface area (Å²) in [5.41, 5.74) is 9.27. The van der Waals surface area contributed by atoms with Crippen LogP contribution in [0.5, 0.6) is 23.0 Å². The summed E-state index contributed by atoms with van der Waals surface area (Å²) in [6, 6.07) is 55.9. The lowest BCUT2D eigenvalue weighted by molar-refractivity contribution is 0.0438. The molecule has 7 aromatic rings. The lowest BCUT2D eigenvalue weighted by Gasteiger charge is -2.10. The molecule has 0 heterocycles. The topological polar surface area (TPSA) is 114 Å². The summed E-state index contributed by atoms with van der Waals surface area (Å²) in [6.45, 7) is 12.2. The maximum Gasteiger partial charge on any atom is 0.338 e. The number of carbonyl (C=O) groups excluding carboxylic acids is 2. The highest BCUT2D eigenvalue weighted by Crippen LogP contribution is 2.27. The second-order valence-electron chi connectivity index (χ2n) is 24.1. The van der Waals surface area contributed by atoms with Crippen molar-refractivity contribution in [3.8, 4) is 45.3 Å². The molecule has 0 spiro atoms. The van der Waals surface area contributed by atoms with Crippen LogP contribution in [0.2, 0.25) is 0 Å². The Morgan fingerprint density at radius 1 is 0.322 bits per heavy atom. The van der Waals surface area contributed by atoms with Gasteiger partial charge >= 0.3 is 11.9 Å². The molecular weight excluding hydrogens is 1120 g/mol. The molecular formula is C80H100N2O8. The van der Waals surface area contributed by atoms with E-state index in [9.17, 15) is 9.59 Å². The van der Waals surface area contributed by atoms with Gasteiger partial charge in [-0.15, -0.1) is 0 Å². The SMILES string of the molecule is CCC(C)COC(=O)c1ccc(-c2ccc(OCCCCCCCCCCCCOc3ccc(C=Nc4ccc(N=Cc5ccc(OCCCCCCCCCCCCOc6ccc(-c7ccc(C(=O)OCC(C)CC)cc7)cc6)cc5)cc4)cc3)cc2)cc1. The third kappa shape index (κ3) is 27.0. The van der Waals surface area contributed by atoms with Crippen LogP contribution in [0, 0.1) is 11.8 Å². The van der Waals surface area contributed by atoms with E-state index in [1.807, 2.05) is 134 Å². The Kier molecular flexibility index (Phi) is 31.9. The first-order valence-electron chi connectivity index (χ1n) is 33.9. The normalized spacial score (nSPS) is 12.0. The molecule has 10 nitrogen and oxygen atoms in total. The molecule has 0 aliphatic heterocycles. The first-order chi connectivity index (χ1) is 44.2. The van der Waals surface area contributed by atoms with Gasteiger partial charge in [-0.05, 0) is 192 Å². The fourth-order valence-electron chi connectivity index (χ4n) is 10.1. The minimum atomic E-state index is -0.266. The number of nitrogens with zero attached hydrogens (tertiary/aromatic N) is 2. The van der Waals surface area contributed by atoms with Crippen LogP contribution in [-0.2, 0) is 9.47 Å². The maximum absolute atomic E-state index is 12.3. The van der Waals surface area contributed by atoms with E-state index >= 15 is 0 Å². The van der Waals surface area contributed by atoms with E-state index in [1.165, 1.54) is 103 Å². The van der Waals surface area contributed by atoms with Crippen molar-refractivity contribution >= 4 is 35.7 Å². The van der Waals surface area contributed by atoms with Gasteiger partial charge in [0.25, 0.3) is 0 Å². The predicted molar refractivity (Wildman–Crippen MR) is 371 cm³/mol. The Bertz CT molecular complexity index is 2910. The molecule has 0 saturated carbocycles. The third-order valence-electron chi connectivity index (χ3n) is 16.5. The molecule has 2 unspecified atom stereocenters. The van der Waals surface area contributed by atoms with Gasteiger partial charge in [0, 0.05) is 12.4 Å². The van der Waals surface area contributed by atoms with Crippen LogP contribution in [-0.4, -0.2) is 64.0 Å². The van der Waals surface area contributed by atoms with Gasteiger partial charge in [0.05, 0.1) is 62.1 Å². The minimum Gasteiger partial charge on any atom is -0.494 e. The van der Waals surface area contributed by atoms with E-state index in [2.05, 4.69) is 86.2 Å². The first kappa shape index (κ1) is 69.5. The molecule has 0 saturated heterocycles. The van der Waals surface area contributed by atoms with Crippen molar-refractivity contribution < 1.29 is 38.0 Å². The zero-order valence-corrected chi connectivity index (χ0v) is 54.4. The molecule has 2 atom stereocenters. The molecule has 0 aliphatic carbocycles. The van der Waals surface area contributed by atoms with Crippen molar-refractivity contribution in [1.29, 1.82) is 0 Å². The summed E-state index contributed by atoms with van der Waals surface area (Å²) in [5, 5.41) is 0. The monoisotopic (exact) mass is 1220 g/mol. The Morgan fingerprint density at radius 3 is 0.811 bits per heavy atom. The number of esters is 2. The fourth-order valence-corrected chi connectivity index (χ4v) is 10.1. The average molecular weight is 1220 g/mol. The van der Waals surface area contributed by atoms with Crippen molar-refractivity contribution in [1.82, 2.24) is 0 Å². The molecule has 0 amide bonds.